The quantitative estimate of drug-likeness (QED) is 0.443. The first-order valence-corrected chi connectivity index (χ1v) is 10.9. The van der Waals surface area contributed by atoms with Crippen LogP contribution >= 0.6 is 0 Å². The fourth-order valence-electron chi connectivity index (χ4n) is 3.66. The predicted octanol–water partition coefficient (Wildman–Crippen LogP) is 3.70. The monoisotopic (exact) mass is 494 g/mol. The molecule has 0 fully saturated rings. The Kier molecular flexibility index (Phi) is 6.86. The Bertz CT molecular complexity index is 1520. The highest BCUT2D eigenvalue weighted by atomic mass is 19.4. The summed E-state index contributed by atoms with van der Waals surface area (Å²) in [5.41, 5.74) is -0.804. The Morgan fingerprint density at radius 3 is 2.31 bits per heavy atom. The van der Waals surface area contributed by atoms with Crippen molar-refractivity contribution in [3.8, 4) is 5.69 Å². The lowest BCUT2D eigenvalue weighted by Crippen LogP contribution is -2.32. The molecule has 0 atom stereocenters. The van der Waals surface area contributed by atoms with Gasteiger partial charge in [0.05, 0.1) is 17.8 Å². The molecule has 0 saturated heterocycles. The van der Waals surface area contributed by atoms with E-state index in [0.29, 0.717) is 6.54 Å². The zero-order valence-corrected chi connectivity index (χ0v) is 19.1. The number of halogens is 3. The third-order valence-electron chi connectivity index (χ3n) is 5.49. The van der Waals surface area contributed by atoms with E-state index in [4.69, 9.17) is 0 Å². The Labute approximate surface area is 203 Å². The van der Waals surface area contributed by atoms with Gasteiger partial charge in [-0.3, -0.25) is 14.4 Å². The highest BCUT2D eigenvalue weighted by Gasteiger charge is 2.34. The molecule has 0 aliphatic rings. The van der Waals surface area contributed by atoms with E-state index in [0.717, 1.165) is 27.9 Å². The highest BCUT2D eigenvalue weighted by molar-refractivity contribution is 5.92. The Hall–Kier alpha value is -4.47. The Morgan fingerprint density at radius 2 is 1.61 bits per heavy atom. The fraction of sp³-hybridized carbons (Fsp3) is 0.154. The largest absolute Gasteiger partial charge is 0.418 e. The van der Waals surface area contributed by atoms with E-state index in [1.165, 1.54) is 31.2 Å². The summed E-state index contributed by atoms with van der Waals surface area (Å²) in [5, 5.41) is 6.54. The van der Waals surface area contributed by atoms with Crippen LogP contribution in [-0.2, 0) is 19.3 Å². The van der Waals surface area contributed by atoms with Crippen molar-refractivity contribution in [1.29, 1.82) is 0 Å². The molecule has 7 nitrogen and oxygen atoms in total. The maximum Gasteiger partial charge on any atom is 0.418 e. The summed E-state index contributed by atoms with van der Waals surface area (Å²) in [6.45, 7) is 1.89. The minimum absolute atomic E-state index is 0.0680. The molecule has 0 aliphatic carbocycles. The smallest absolute Gasteiger partial charge is 0.346 e. The molecule has 0 radical (unpaired) electrons. The standard InChI is InChI=1S/C26H21F3N4O3/c1-17-14-22(34)24(31-33(17)21-7-3-2-6-20(21)26(27,28)29)25(36)30-15-18-9-11-19(12-10-18)16-32-13-5-4-8-23(32)35/h2-14H,15-16H2,1H3,(H,30,36). The summed E-state index contributed by atoms with van der Waals surface area (Å²) in [5.74, 6) is -0.807. The molecule has 184 valence electrons. The zero-order valence-electron chi connectivity index (χ0n) is 19.1. The molecular formula is C26H21F3N4O3. The van der Waals surface area contributed by atoms with Crippen LogP contribution in [0.2, 0.25) is 0 Å². The van der Waals surface area contributed by atoms with Gasteiger partial charge in [-0.05, 0) is 36.2 Å². The normalized spacial score (nSPS) is 11.3. The van der Waals surface area contributed by atoms with Crippen molar-refractivity contribution < 1.29 is 18.0 Å². The second-order valence-corrected chi connectivity index (χ2v) is 8.09. The van der Waals surface area contributed by atoms with Crippen LogP contribution in [0.4, 0.5) is 13.2 Å². The van der Waals surface area contributed by atoms with E-state index in [-0.39, 0.29) is 23.5 Å². The van der Waals surface area contributed by atoms with Gasteiger partial charge in [-0.15, -0.1) is 0 Å². The van der Waals surface area contributed by atoms with Crippen molar-refractivity contribution in [3.05, 3.63) is 128 Å². The van der Waals surface area contributed by atoms with Gasteiger partial charge >= 0.3 is 6.18 Å². The number of aryl methyl sites for hydroxylation is 1. The van der Waals surface area contributed by atoms with Gasteiger partial charge in [0.15, 0.2) is 5.69 Å². The second kappa shape index (κ2) is 10.0. The first-order chi connectivity index (χ1) is 17.1. The van der Waals surface area contributed by atoms with Gasteiger partial charge in [-0.2, -0.15) is 18.3 Å². The van der Waals surface area contributed by atoms with E-state index in [2.05, 4.69) is 10.4 Å². The molecule has 2 aromatic carbocycles. The maximum absolute atomic E-state index is 13.5. The van der Waals surface area contributed by atoms with Crippen LogP contribution in [-0.4, -0.2) is 20.3 Å². The molecule has 0 spiro atoms. The summed E-state index contributed by atoms with van der Waals surface area (Å²) in [6.07, 6.45) is -2.96. The molecule has 1 N–H and O–H groups in total. The van der Waals surface area contributed by atoms with Gasteiger partial charge in [0.2, 0.25) is 5.43 Å². The first kappa shape index (κ1) is 24.6. The van der Waals surface area contributed by atoms with Crippen molar-refractivity contribution in [3.63, 3.8) is 0 Å². The number of para-hydroxylation sites is 1. The number of hydrogen-bond acceptors (Lipinski definition) is 4. The number of hydrogen-bond donors (Lipinski definition) is 1. The Balaban J connectivity index is 1.52. The summed E-state index contributed by atoms with van der Waals surface area (Å²) < 4.78 is 43.0. The molecule has 4 aromatic rings. The average molecular weight is 494 g/mol. The van der Waals surface area contributed by atoms with Crippen molar-refractivity contribution in [2.45, 2.75) is 26.2 Å². The molecule has 0 unspecified atom stereocenters. The van der Waals surface area contributed by atoms with Crippen LogP contribution in [0.25, 0.3) is 5.69 Å². The minimum Gasteiger partial charge on any atom is -0.346 e. The number of rotatable bonds is 6. The lowest BCUT2D eigenvalue weighted by molar-refractivity contribution is -0.137. The number of alkyl halides is 3. The second-order valence-electron chi connectivity index (χ2n) is 8.09. The number of pyridine rings is 1. The van der Waals surface area contributed by atoms with E-state index >= 15 is 0 Å². The summed E-state index contributed by atoms with van der Waals surface area (Å²) >= 11 is 0. The lowest BCUT2D eigenvalue weighted by Gasteiger charge is -2.16. The van der Waals surface area contributed by atoms with E-state index < -0.39 is 28.8 Å². The van der Waals surface area contributed by atoms with Crippen molar-refractivity contribution in [2.75, 3.05) is 0 Å². The molecule has 0 saturated carbocycles. The van der Waals surface area contributed by atoms with Crippen LogP contribution in [0.3, 0.4) is 0 Å². The molecule has 2 heterocycles. The number of nitrogens with zero attached hydrogens (tertiary/aromatic N) is 3. The van der Waals surface area contributed by atoms with Gasteiger partial charge in [0.25, 0.3) is 11.5 Å². The molecule has 2 aromatic heterocycles. The molecule has 0 bridgehead atoms. The number of benzene rings is 2. The Morgan fingerprint density at radius 1 is 0.944 bits per heavy atom. The van der Waals surface area contributed by atoms with Gasteiger partial charge in [0, 0.05) is 30.6 Å². The highest BCUT2D eigenvalue weighted by Crippen LogP contribution is 2.33. The molecule has 0 aliphatic heterocycles. The van der Waals surface area contributed by atoms with Gasteiger partial charge in [-0.25, -0.2) is 4.68 Å². The predicted molar refractivity (Wildman–Crippen MR) is 127 cm³/mol. The third kappa shape index (κ3) is 5.43. The summed E-state index contributed by atoms with van der Waals surface area (Å²) in [4.78, 5) is 37.0. The number of carbonyl (C=O) groups excluding carboxylic acids is 1. The van der Waals surface area contributed by atoms with Crippen molar-refractivity contribution in [2.24, 2.45) is 0 Å². The van der Waals surface area contributed by atoms with Gasteiger partial charge in [-0.1, -0.05) is 42.5 Å². The molecular weight excluding hydrogens is 473 g/mol. The lowest BCUT2D eigenvalue weighted by atomic mass is 10.1. The van der Waals surface area contributed by atoms with E-state index in [9.17, 15) is 27.6 Å². The van der Waals surface area contributed by atoms with Crippen LogP contribution in [0, 0.1) is 6.92 Å². The maximum atomic E-state index is 13.5. The summed E-state index contributed by atoms with van der Waals surface area (Å²) in [7, 11) is 0. The fourth-order valence-corrected chi connectivity index (χ4v) is 3.66. The molecule has 10 heteroatoms. The SMILES string of the molecule is Cc1cc(=O)c(C(=O)NCc2ccc(Cn3ccccc3=O)cc2)nn1-c1ccccc1C(F)(F)F. The van der Waals surface area contributed by atoms with E-state index in [1.807, 2.05) is 12.1 Å². The molecule has 1 amide bonds. The van der Waals surface area contributed by atoms with Crippen LogP contribution < -0.4 is 16.3 Å². The van der Waals surface area contributed by atoms with Crippen LogP contribution in [0.1, 0.15) is 32.9 Å². The van der Waals surface area contributed by atoms with Crippen molar-refractivity contribution in [1.82, 2.24) is 19.7 Å². The minimum atomic E-state index is -4.64. The van der Waals surface area contributed by atoms with Gasteiger partial charge < -0.3 is 9.88 Å². The van der Waals surface area contributed by atoms with Crippen LogP contribution in [0.5, 0.6) is 0 Å². The molecule has 4 rings (SSSR count). The number of carbonyl (C=O) groups is 1. The molecule has 36 heavy (non-hydrogen) atoms. The summed E-state index contributed by atoms with van der Waals surface area (Å²) in [6, 6.07) is 17.9. The first-order valence-electron chi connectivity index (χ1n) is 10.9. The van der Waals surface area contributed by atoms with Gasteiger partial charge in [0.1, 0.15) is 0 Å². The van der Waals surface area contributed by atoms with Crippen molar-refractivity contribution >= 4 is 5.91 Å². The topological polar surface area (TPSA) is 86.0 Å². The third-order valence-corrected chi connectivity index (χ3v) is 5.49. The van der Waals surface area contributed by atoms with Crippen LogP contribution in [0.15, 0.2) is 88.6 Å². The average Bonchev–Trinajstić information content (AvgIpc) is 2.84. The number of aromatic nitrogens is 3. The number of amides is 1. The zero-order chi connectivity index (χ0) is 25.9. The van der Waals surface area contributed by atoms with E-state index in [1.54, 1.807) is 35.0 Å². The number of nitrogens with one attached hydrogen (secondary N) is 1.